The normalized spacial score (nSPS) is 17.5. The Kier molecular flexibility index (Phi) is 4.97. The van der Waals surface area contributed by atoms with Gasteiger partial charge in [0.25, 0.3) is 0 Å². The summed E-state index contributed by atoms with van der Waals surface area (Å²) in [7, 11) is 0. The average Bonchev–Trinajstić information content (AvgIpc) is 2.62. The van der Waals surface area contributed by atoms with Crippen molar-refractivity contribution in [3.63, 3.8) is 0 Å². The molecule has 1 unspecified atom stereocenters. The third-order valence-corrected chi connectivity index (χ3v) is 4.04. The Morgan fingerprint density at radius 3 is 1.88 bits per heavy atom. The highest BCUT2D eigenvalue weighted by atomic mass is 14.5. The summed E-state index contributed by atoms with van der Waals surface area (Å²) in [6.45, 7) is 0. The molecule has 2 heteroatoms. The Labute approximate surface area is 143 Å². The molecule has 24 heavy (non-hydrogen) atoms. The van der Waals surface area contributed by atoms with Crippen molar-refractivity contribution in [2.24, 2.45) is 5.92 Å². The molecule has 0 amide bonds. The van der Waals surface area contributed by atoms with Crippen molar-refractivity contribution in [3.05, 3.63) is 95.6 Å². The Morgan fingerprint density at radius 1 is 0.750 bits per heavy atom. The number of allylic oxidation sites excluding steroid dienone is 6. The molecule has 1 aliphatic rings. The molecule has 120 valence electrons. The van der Waals surface area contributed by atoms with Crippen LogP contribution in [0.5, 0.6) is 0 Å². The van der Waals surface area contributed by atoms with E-state index >= 15 is 0 Å². The zero-order valence-corrected chi connectivity index (χ0v) is 13.6. The summed E-state index contributed by atoms with van der Waals surface area (Å²) in [5.41, 5.74) is 16.6. The maximum Gasteiger partial charge on any atom is 0.0314 e. The summed E-state index contributed by atoms with van der Waals surface area (Å²) in [6.07, 6.45) is 16.3. The molecule has 0 aliphatic heterocycles. The van der Waals surface area contributed by atoms with Crippen LogP contribution < -0.4 is 11.5 Å². The third-order valence-electron chi connectivity index (χ3n) is 4.04. The number of benzene rings is 2. The van der Waals surface area contributed by atoms with E-state index in [1.54, 1.807) is 0 Å². The van der Waals surface area contributed by atoms with E-state index in [1.807, 2.05) is 48.5 Å². The minimum absolute atomic E-state index is 0.441. The van der Waals surface area contributed by atoms with E-state index in [4.69, 9.17) is 11.5 Å². The van der Waals surface area contributed by atoms with Crippen LogP contribution in [0.3, 0.4) is 0 Å². The first kappa shape index (κ1) is 15.9. The fraction of sp³-hybridized carbons (Fsp3) is 0.0909. The lowest BCUT2D eigenvalue weighted by atomic mass is 9.95. The maximum absolute atomic E-state index is 5.70. The molecule has 0 spiro atoms. The van der Waals surface area contributed by atoms with Crippen molar-refractivity contribution in [1.82, 2.24) is 0 Å². The number of nitrogens with two attached hydrogens (primary N) is 2. The van der Waals surface area contributed by atoms with Crippen LogP contribution in [0.25, 0.3) is 12.2 Å². The minimum atomic E-state index is 0.441. The summed E-state index contributed by atoms with van der Waals surface area (Å²) in [5.74, 6) is 0.441. The van der Waals surface area contributed by atoms with Crippen molar-refractivity contribution in [2.75, 3.05) is 11.5 Å². The predicted molar refractivity (Wildman–Crippen MR) is 105 cm³/mol. The highest BCUT2D eigenvalue weighted by molar-refractivity contribution is 5.58. The standard InChI is InChI=1S/C22H22N2/c23-21-13-9-19(10-14-21)7-5-17-1-2-18(4-3-17)6-8-20-11-15-22(24)16-12-20/h1-3,5-16,18H,4,23-24H2. The lowest BCUT2D eigenvalue weighted by Gasteiger charge is -2.10. The summed E-state index contributed by atoms with van der Waals surface area (Å²) >= 11 is 0. The Balaban J connectivity index is 1.57. The molecule has 2 aromatic rings. The molecule has 1 atom stereocenters. The number of hydrogen-bond donors (Lipinski definition) is 2. The van der Waals surface area contributed by atoms with Crippen LogP contribution in [0, 0.1) is 5.92 Å². The van der Waals surface area contributed by atoms with E-state index in [2.05, 4.69) is 42.5 Å². The average molecular weight is 314 g/mol. The molecule has 0 aromatic heterocycles. The first-order chi connectivity index (χ1) is 11.7. The van der Waals surface area contributed by atoms with Crippen LogP contribution in [0.15, 0.2) is 84.5 Å². The monoisotopic (exact) mass is 314 g/mol. The maximum atomic E-state index is 5.70. The second kappa shape index (κ2) is 7.51. The quantitative estimate of drug-likeness (QED) is 0.773. The summed E-state index contributed by atoms with van der Waals surface area (Å²) in [6, 6.07) is 15.8. The first-order valence-electron chi connectivity index (χ1n) is 8.15. The van der Waals surface area contributed by atoms with Gasteiger partial charge in [-0.1, -0.05) is 66.8 Å². The van der Waals surface area contributed by atoms with E-state index in [-0.39, 0.29) is 0 Å². The molecular formula is C22H22N2. The summed E-state index contributed by atoms with van der Waals surface area (Å²) in [5, 5.41) is 0. The highest BCUT2D eigenvalue weighted by Crippen LogP contribution is 2.20. The third kappa shape index (κ3) is 4.50. The van der Waals surface area contributed by atoms with Gasteiger partial charge in [0.05, 0.1) is 0 Å². The Bertz CT molecular complexity index is 791. The van der Waals surface area contributed by atoms with E-state index < -0.39 is 0 Å². The van der Waals surface area contributed by atoms with Gasteiger partial charge in [0.15, 0.2) is 0 Å². The lowest BCUT2D eigenvalue weighted by molar-refractivity contribution is 0.821. The SMILES string of the molecule is Nc1ccc(C=CC2=CCC(C=Cc3ccc(N)cc3)C=C2)cc1. The number of anilines is 2. The molecule has 2 nitrogen and oxygen atoms in total. The van der Waals surface area contributed by atoms with Crippen molar-refractivity contribution >= 4 is 23.5 Å². The molecule has 1 aliphatic carbocycles. The minimum Gasteiger partial charge on any atom is -0.399 e. The molecule has 0 radical (unpaired) electrons. The molecular weight excluding hydrogens is 292 g/mol. The van der Waals surface area contributed by atoms with Crippen molar-refractivity contribution in [3.8, 4) is 0 Å². The molecule has 0 bridgehead atoms. The first-order valence-corrected chi connectivity index (χ1v) is 8.15. The van der Waals surface area contributed by atoms with Gasteiger partial charge in [0.2, 0.25) is 0 Å². The summed E-state index contributed by atoms with van der Waals surface area (Å²) < 4.78 is 0. The van der Waals surface area contributed by atoms with Gasteiger partial charge in [-0.15, -0.1) is 0 Å². The van der Waals surface area contributed by atoms with Crippen molar-refractivity contribution < 1.29 is 0 Å². The van der Waals surface area contributed by atoms with Gasteiger partial charge in [0, 0.05) is 11.4 Å². The summed E-state index contributed by atoms with van der Waals surface area (Å²) in [4.78, 5) is 0. The molecule has 0 saturated carbocycles. The van der Waals surface area contributed by atoms with Gasteiger partial charge in [-0.2, -0.15) is 0 Å². The van der Waals surface area contributed by atoms with Crippen LogP contribution >= 0.6 is 0 Å². The van der Waals surface area contributed by atoms with Gasteiger partial charge < -0.3 is 11.5 Å². The molecule has 0 heterocycles. The van der Waals surface area contributed by atoms with Gasteiger partial charge >= 0.3 is 0 Å². The number of hydrogen-bond acceptors (Lipinski definition) is 2. The molecule has 2 aromatic carbocycles. The number of rotatable bonds is 4. The fourth-order valence-corrected chi connectivity index (χ4v) is 2.56. The predicted octanol–water partition coefficient (Wildman–Crippen LogP) is 5.08. The largest absolute Gasteiger partial charge is 0.399 e. The van der Waals surface area contributed by atoms with E-state index in [1.165, 1.54) is 11.1 Å². The molecule has 4 N–H and O–H groups in total. The highest BCUT2D eigenvalue weighted by Gasteiger charge is 2.03. The van der Waals surface area contributed by atoms with Gasteiger partial charge in [-0.05, 0) is 53.3 Å². The molecule has 0 saturated heterocycles. The van der Waals surface area contributed by atoms with E-state index in [0.29, 0.717) is 5.92 Å². The van der Waals surface area contributed by atoms with Crippen LogP contribution in [-0.2, 0) is 0 Å². The van der Waals surface area contributed by atoms with Crippen LogP contribution in [-0.4, -0.2) is 0 Å². The van der Waals surface area contributed by atoms with Gasteiger partial charge in [-0.3, -0.25) is 0 Å². The Hall–Kier alpha value is -3.00. The zero-order valence-electron chi connectivity index (χ0n) is 13.6. The van der Waals surface area contributed by atoms with Crippen molar-refractivity contribution in [1.29, 1.82) is 0 Å². The Morgan fingerprint density at radius 2 is 1.33 bits per heavy atom. The van der Waals surface area contributed by atoms with Crippen molar-refractivity contribution in [2.45, 2.75) is 6.42 Å². The molecule has 0 fully saturated rings. The topological polar surface area (TPSA) is 52.0 Å². The van der Waals surface area contributed by atoms with Crippen LogP contribution in [0.4, 0.5) is 11.4 Å². The van der Waals surface area contributed by atoms with Crippen LogP contribution in [0.2, 0.25) is 0 Å². The fourth-order valence-electron chi connectivity index (χ4n) is 2.56. The zero-order chi connectivity index (χ0) is 16.8. The smallest absolute Gasteiger partial charge is 0.0314 e. The van der Waals surface area contributed by atoms with E-state index in [0.717, 1.165) is 23.4 Å². The number of nitrogen functional groups attached to an aromatic ring is 2. The lowest BCUT2D eigenvalue weighted by Crippen LogP contribution is -1.95. The van der Waals surface area contributed by atoms with E-state index in [9.17, 15) is 0 Å². The molecule has 3 rings (SSSR count). The second-order valence-corrected chi connectivity index (χ2v) is 5.99. The second-order valence-electron chi connectivity index (χ2n) is 5.99. The van der Waals surface area contributed by atoms with Gasteiger partial charge in [0.1, 0.15) is 0 Å². The van der Waals surface area contributed by atoms with Crippen LogP contribution in [0.1, 0.15) is 17.5 Å². The van der Waals surface area contributed by atoms with Gasteiger partial charge in [-0.25, -0.2) is 0 Å².